The summed E-state index contributed by atoms with van der Waals surface area (Å²) in [5.74, 6) is -0.194. The second kappa shape index (κ2) is 28.3. The van der Waals surface area contributed by atoms with Gasteiger partial charge in [-0.05, 0) is 115 Å². The summed E-state index contributed by atoms with van der Waals surface area (Å²) in [7, 11) is 0. The third kappa shape index (κ3) is 15.1. The summed E-state index contributed by atoms with van der Waals surface area (Å²) in [4.78, 5) is 51.2. The number of ether oxygens (including phenoxy) is 7. The molecule has 0 N–H and O–H groups in total. The lowest BCUT2D eigenvalue weighted by Gasteiger charge is -2.31. The average Bonchev–Trinajstić information content (AvgIpc) is 4.01. The Balaban J connectivity index is 0.968. The van der Waals surface area contributed by atoms with Crippen molar-refractivity contribution >= 4 is 101 Å². The Morgan fingerprint density at radius 3 is 1.18 bits per heavy atom. The lowest BCUT2D eigenvalue weighted by Crippen LogP contribution is -2.23. The van der Waals surface area contributed by atoms with Crippen molar-refractivity contribution in [3.05, 3.63) is 117 Å². The molecule has 4 unspecified atom stereocenters. The van der Waals surface area contributed by atoms with Crippen molar-refractivity contribution in [2.24, 2.45) is 0 Å². The zero-order valence-electron chi connectivity index (χ0n) is 44.7. The molecule has 0 radical (unpaired) electrons. The molecule has 0 saturated carbocycles. The fourth-order valence-corrected chi connectivity index (χ4v) is 12.8. The molecule has 0 saturated heterocycles. The lowest BCUT2D eigenvalue weighted by molar-refractivity contribution is -0.151. The molecule has 0 fully saturated rings. The van der Waals surface area contributed by atoms with Gasteiger partial charge in [-0.15, -0.1) is 22.7 Å². The van der Waals surface area contributed by atoms with Crippen LogP contribution in [-0.2, 0) is 38.0 Å². The first kappa shape index (κ1) is 56.0. The molecule has 0 bridgehead atoms. The van der Waals surface area contributed by atoms with Gasteiger partial charge in [0.1, 0.15) is 24.4 Å². The minimum absolute atomic E-state index is 0.194. The number of carbonyl (C=O) groups excluding carboxylic acids is 4. The Morgan fingerprint density at radius 1 is 0.421 bits per heavy atom. The number of unbranched alkanes of at least 4 members (excludes halogenated alkanes) is 9. The van der Waals surface area contributed by atoms with E-state index in [1.54, 1.807) is 22.7 Å². The maximum Gasteiger partial charge on any atom is 0.508 e. The van der Waals surface area contributed by atoms with Gasteiger partial charge in [0.2, 0.25) is 0 Å². The summed E-state index contributed by atoms with van der Waals surface area (Å²) in [5.41, 5.74) is 7.32. The van der Waals surface area contributed by atoms with Crippen LogP contribution in [0.15, 0.2) is 72.8 Å². The molecule has 11 nitrogen and oxygen atoms in total. The van der Waals surface area contributed by atoms with Gasteiger partial charge in [-0.1, -0.05) is 158 Å². The number of hydrogen-bond donors (Lipinski definition) is 0. The number of thiophene rings is 2. The standard InChI is InChI=1S/C63H74O11S2/c1-5-9-13-14-18-58(64)71-54-33-31-52(72-61(65)68-35-15-10-6-2)46-27-23-42(38-50(46)54)19-21-44-25-29-48-56(40-44)75-60-49-30-26-45(41-57(49)76-59(48)60)22-20-43-24-28-47-51(39-43)55(74-63(67)70-37-17-12-8-4)34-32-53(47)73-62(66)69-36-16-11-7-3/h19-30,38-41,52-55H,5-18,31-37H2,1-4H3/b21-19+,22-20+. The van der Waals surface area contributed by atoms with Gasteiger partial charge >= 0.3 is 24.4 Å². The predicted molar refractivity (Wildman–Crippen MR) is 306 cm³/mol. The van der Waals surface area contributed by atoms with Gasteiger partial charge in [0, 0.05) is 32.2 Å². The van der Waals surface area contributed by atoms with Gasteiger partial charge in [0.15, 0.2) is 0 Å². The molecule has 4 atom stereocenters. The fraction of sp³-hybridized carbons (Fsp3) is 0.460. The topological polar surface area (TPSA) is 133 Å². The van der Waals surface area contributed by atoms with Crippen LogP contribution in [0, 0.1) is 0 Å². The first-order valence-corrected chi connectivity index (χ1v) is 29.5. The number of carbonyl (C=O) groups is 4. The molecular formula is C63H74O11S2. The molecule has 13 heteroatoms. The maximum absolute atomic E-state index is 13.0. The van der Waals surface area contributed by atoms with Gasteiger partial charge < -0.3 is 33.2 Å². The Hall–Kier alpha value is -6.18. The van der Waals surface area contributed by atoms with Gasteiger partial charge in [0.05, 0.1) is 29.2 Å². The first-order chi connectivity index (χ1) is 37.1. The second-order valence-electron chi connectivity index (χ2n) is 20.0. The molecule has 2 aliphatic carbocycles. The molecule has 0 aliphatic heterocycles. The van der Waals surface area contributed by atoms with E-state index >= 15 is 0 Å². The third-order valence-corrected chi connectivity index (χ3v) is 16.7. The molecule has 8 rings (SSSR count). The number of fused-ring (bicyclic) bond motifs is 7. The SMILES string of the molecule is CCCCCCC(=O)OC1CCC(OC(=O)OCCCCC)c2ccc(/C=C/c3ccc4c(c3)sc3c5ccc(/C=C/c6ccc7c(c6)C(OC(=O)OCCCCC)CCC7OC(=O)OCCCCC)cc5sc43)cc21. The van der Waals surface area contributed by atoms with E-state index < -0.39 is 42.9 Å². The minimum atomic E-state index is -0.691. The number of hydrogen-bond acceptors (Lipinski definition) is 13. The molecule has 2 aliphatic rings. The van der Waals surface area contributed by atoms with Crippen LogP contribution in [0.2, 0.25) is 0 Å². The zero-order chi connectivity index (χ0) is 53.2. The molecule has 0 amide bonds. The van der Waals surface area contributed by atoms with Crippen LogP contribution in [0.4, 0.5) is 14.4 Å². The van der Waals surface area contributed by atoms with Crippen molar-refractivity contribution in [2.75, 3.05) is 19.8 Å². The monoisotopic (exact) mass is 1070 g/mol. The number of rotatable bonds is 25. The number of esters is 1. The summed E-state index contributed by atoms with van der Waals surface area (Å²) in [6.07, 6.45) is 19.2. The highest BCUT2D eigenvalue weighted by atomic mass is 32.1. The summed E-state index contributed by atoms with van der Waals surface area (Å²) < 4.78 is 44.8. The van der Waals surface area contributed by atoms with Crippen molar-refractivity contribution in [2.45, 2.75) is 168 Å². The van der Waals surface area contributed by atoms with Crippen molar-refractivity contribution in [1.82, 2.24) is 0 Å². The van der Waals surface area contributed by atoms with Gasteiger partial charge in [-0.3, -0.25) is 4.79 Å². The van der Waals surface area contributed by atoms with Gasteiger partial charge in [-0.2, -0.15) is 0 Å². The van der Waals surface area contributed by atoms with E-state index in [2.05, 4.69) is 94.5 Å². The normalized spacial score (nSPS) is 17.2. The lowest BCUT2D eigenvalue weighted by atomic mass is 9.86. The van der Waals surface area contributed by atoms with Crippen LogP contribution in [0.5, 0.6) is 0 Å². The van der Waals surface area contributed by atoms with Crippen molar-refractivity contribution in [1.29, 1.82) is 0 Å². The van der Waals surface area contributed by atoms with Crippen LogP contribution < -0.4 is 0 Å². The molecule has 404 valence electrons. The van der Waals surface area contributed by atoms with Crippen LogP contribution in [0.1, 0.15) is 212 Å². The molecule has 2 heterocycles. The highest BCUT2D eigenvalue weighted by Gasteiger charge is 2.34. The summed E-state index contributed by atoms with van der Waals surface area (Å²) in [6.45, 7) is 9.42. The van der Waals surface area contributed by atoms with E-state index in [0.29, 0.717) is 51.9 Å². The maximum atomic E-state index is 13.0. The zero-order valence-corrected chi connectivity index (χ0v) is 46.3. The van der Waals surface area contributed by atoms with Crippen LogP contribution in [-0.4, -0.2) is 44.3 Å². The Morgan fingerprint density at radius 2 is 0.776 bits per heavy atom. The first-order valence-electron chi connectivity index (χ1n) is 27.9. The van der Waals surface area contributed by atoms with Gasteiger partial charge in [-0.25, -0.2) is 14.4 Å². The average molecular weight is 1070 g/mol. The highest BCUT2D eigenvalue weighted by molar-refractivity contribution is 7.36. The van der Waals surface area contributed by atoms with Crippen molar-refractivity contribution in [3.63, 3.8) is 0 Å². The fourth-order valence-electron chi connectivity index (χ4n) is 10.0. The van der Waals surface area contributed by atoms with E-state index in [4.69, 9.17) is 33.2 Å². The van der Waals surface area contributed by atoms with E-state index in [-0.39, 0.29) is 5.97 Å². The third-order valence-electron chi connectivity index (χ3n) is 14.2. The Labute approximate surface area is 455 Å². The smallest absolute Gasteiger partial charge is 0.457 e. The summed E-state index contributed by atoms with van der Waals surface area (Å²) in [5, 5.41) is 2.44. The number of benzene rings is 4. The van der Waals surface area contributed by atoms with Crippen LogP contribution >= 0.6 is 22.7 Å². The van der Waals surface area contributed by atoms with Crippen LogP contribution in [0.3, 0.4) is 0 Å². The highest BCUT2D eigenvalue weighted by Crippen LogP contribution is 2.46. The predicted octanol–water partition coefficient (Wildman–Crippen LogP) is 18.9. The van der Waals surface area contributed by atoms with Crippen molar-refractivity contribution in [3.8, 4) is 0 Å². The molecule has 4 aromatic carbocycles. The quantitative estimate of drug-likeness (QED) is 0.0235. The van der Waals surface area contributed by atoms with Gasteiger partial charge in [0.25, 0.3) is 0 Å². The van der Waals surface area contributed by atoms with E-state index in [9.17, 15) is 19.2 Å². The van der Waals surface area contributed by atoms with Crippen molar-refractivity contribution < 1.29 is 52.3 Å². The van der Waals surface area contributed by atoms with Crippen LogP contribution in [0.25, 0.3) is 53.9 Å². The Kier molecular flexibility index (Phi) is 20.8. The largest absolute Gasteiger partial charge is 0.508 e. The second-order valence-corrected chi connectivity index (χ2v) is 22.1. The van der Waals surface area contributed by atoms with E-state index in [0.717, 1.165) is 128 Å². The van der Waals surface area contributed by atoms with E-state index in [1.807, 2.05) is 30.3 Å². The molecule has 76 heavy (non-hydrogen) atoms. The minimum Gasteiger partial charge on any atom is -0.457 e. The molecule has 2 aromatic heterocycles. The van der Waals surface area contributed by atoms with E-state index in [1.165, 1.54) is 29.6 Å². The molecular weight excluding hydrogens is 997 g/mol. The summed E-state index contributed by atoms with van der Waals surface area (Å²) >= 11 is 3.60. The Bertz CT molecular complexity index is 2780. The molecule has 0 spiro atoms. The summed E-state index contributed by atoms with van der Waals surface area (Å²) in [6, 6.07) is 25.2. The molecule has 6 aromatic rings.